The molecule has 198 valence electrons. The molecule has 0 fully saturated rings. The number of nitrogens with zero attached hydrogens (tertiary/aromatic N) is 3. The summed E-state index contributed by atoms with van der Waals surface area (Å²) >= 11 is 1.17. The highest BCUT2D eigenvalue weighted by atomic mass is 32.1. The normalized spacial score (nSPS) is 12.2. The number of carbonyl (C=O) groups is 2. The lowest BCUT2D eigenvalue weighted by Crippen LogP contribution is -2.38. The number of anilines is 1. The Morgan fingerprint density at radius 3 is 2.47 bits per heavy atom. The van der Waals surface area contributed by atoms with E-state index in [2.05, 4.69) is 15.6 Å². The Morgan fingerprint density at radius 2 is 1.84 bits per heavy atom. The number of aromatic nitrogens is 3. The van der Waals surface area contributed by atoms with Crippen molar-refractivity contribution in [3.63, 3.8) is 0 Å². The Balaban J connectivity index is 1.80. The van der Waals surface area contributed by atoms with E-state index < -0.39 is 23.7 Å². The monoisotopic (exact) mass is 535 g/mol. The molecule has 38 heavy (non-hydrogen) atoms. The number of thiazole rings is 1. The molecule has 0 spiro atoms. The minimum atomic E-state index is -1.10. The van der Waals surface area contributed by atoms with Gasteiger partial charge in [-0.2, -0.15) is 0 Å². The first-order chi connectivity index (χ1) is 18.1. The number of amides is 1. The van der Waals surface area contributed by atoms with Crippen molar-refractivity contribution in [3.05, 3.63) is 81.3 Å². The Hall–Kier alpha value is -4.25. The van der Waals surface area contributed by atoms with E-state index in [1.54, 1.807) is 32.9 Å². The Kier molecular flexibility index (Phi) is 7.77. The molecule has 2 aromatic carbocycles. The summed E-state index contributed by atoms with van der Waals surface area (Å²) < 4.78 is 6.97. The summed E-state index contributed by atoms with van der Waals surface area (Å²) in [7, 11) is 0. The van der Waals surface area contributed by atoms with Crippen LogP contribution < -0.4 is 16.2 Å². The lowest BCUT2D eigenvalue weighted by Gasteiger charge is -2.25. The van der Waals surface area contributed by atoms with Gasteiger partial charge in [0.15, 0.2) is 10.8 Å². The third-order valence-corrected chi connectivity index (χ3v) is 6.39. The van der Waals surface area contributed by atoms with Gasteiger partial charge in [-0.1, -0.05) is 37.3 Å². The highest BCUT2D eigenvalue weighted by molar-refractivity contribution is 7.13. The van der Waals surface area contributed by atoms with E-state index in [-0.39, 0.29) is 17.8 Å². The number of hydrogen-bond donors (Lipinski definition) is 3. The van der Waals surface area contributed by atoms with Crippen molar-refractivity contribution in [2.24, 2.45) is 0 Å². The minimum absolute atomic E-state index is 0.0451. The molecule has 1 amide bonds. The predicted octanol–water partition coefficient (Wildman–Crippen LogP) is 5.13. The van der Waals surface area contributed by atoms with Crippen LogP contribution in [0.4, 0.5) is 9.93 Å². The smallest absolute Gasteiger partial charge is 0.408 e. The number of aromatic carboxylic acids is 1. The number of para-hydroxylation sites is 1. The second-order valence-corrected chi connectivity index (χ2v) is 10.4. The van der Waals surface area contributed by atoms with Crippen LogP contribution >= 0.6 is 11.3 Å². The van der Waals surface area contributed by atoms with Crippen molar-refractivity contribution >= 4 is 39.4 Å². The third kappa shape index (κ3) is 6.00. The molecule has 3 N–H and O–H groups in total. The van der Waals surface area contributed by atoms with Gasteiger partial charge in [0.1, 0.15) is 11.4 Å². The maximum Gasteiger partial charge on any atom is 0.408 e. The van der Waals surface area contributed by atoms with Crippen molar-refractivity contribution in [2.75, 3.05) is 5.32 Å². The molecule has 2 heterocycles. The number of hydrogen-bond acceptors (Lipinski definition) is 8. The van der Waals surface area contributed by atoms with Gasteiger partial charge in [0, 0.05) is 11.9 Å². The van der Waals surface area contributed by atoms with E-state index in [1.165, 1.54) is 21.3 Å². The minimum Gasteiger partial charge on any atom is -0.476 e. The van der Waals surface area contributed by atoms with Gasteiger partial charge in [-0.25, -0.2) is 19.6 Å². The number of nitrogens with one attached hydrogen (secondary N) is 2. The van der Waals surface area contributed by atoms with Crippen molar-refractivity contribution in [3.8, 4) is 5.69 Å². The molecule has 1 atom stereocenters. The number of fused-ring (bicyclic) bond motifs is 1. The van der Waals surface area contributed by atoms with Gasteiger partial charge in [0.05, 0.1) is 22.6 Å². The molecule has 0 aliphatic heterocycles. The van der Waals surface area contributed by atoms with Crippen molar-refractivity contribution < 1.29 is 19.4 Å². The summed E-state index contributed by atoms with van der Waals surface area (Å²) in [6.45, 7) is 7.48. The molecule has 4 aromatic rings. The number of carboxylic acids is 1. The summed E-state index contributed by atoms with van der Waals surface area (Å²) in [5.41, 5.74) is 0.755. The summed E-state index contributed by atoms with van der Waals surface area (Å²) in [4.78, 5) is 46.7. The van der Waals surface area contributed by atoms with Crippen LogP contribution in [0.5, 0.6) is 0 Å². The lowest BCUT2D eigenvalue weighted by molar-refractivity contribution is 0.0498. The Bertz CT molecular complexity index is 1520. The van der Waals surface area contributed by atoms with Crippen LogP contribution in [0.2, 0.25) is 0 Å². The van der Waals surface area contributed by atoms with Crippen molar-refractivity contribution in [1.29, 1.82) is 0 Å². The highest BCUT2D eigenvalue weighted by Crippen LogP contribution is 2.24. The molecular weight excluding hydrogens is 506 g/mol. The maximum absolute atomic E-state index is 14.1. The quantitative estimate of drug-likeness (QED) is 0.283. The van der Waals surface area contributed by atoms with E-state index in [9.17, 15) is 14.4 Å². The topological polar surface area (TPSA) is 135 Å². The fraction of sp³-hybridized carbons (Fsp3) is 0.296. The maximum atomic E-state index is 14.1. The zero-order valence-electron chi connectivity index (χ0n) is 21.5. The predicted molar refractivity (Wildman–Crippen MR) is 146 cm³/mol. The van der Waals surface area contributed by atoms with Gasteiger partial charge >= 0.3 is 12.1 Å². The Morgan fingerprint density at radius 1 is 1.11 bits per heavy atom. The molecule has 1 unspecified atom stereocenters. The molecule has 2 aromatic heterocycles. The van der Waals surface area contributed by atoms with Gasteiger partial charge in [0.2, 0.25) is 0 Å². The van der Waals surface area contributed by atoms with Crippen LogP contribution in [-0.2, 0) is 11.3 Å². The number of carboxylic acid groups (broad SMARTS) is 1. The first-order valence-corrected chi connectivity index (χ1v) is 13.0. The van der Waals surface area contributed by atoms with Gasteiger partial charge in [0.25, 0.3) is 5.56 Å². The standard InChI is InChI=1S/C27H29N5O5S/c1-5-18(31-26(36)37-27(2,3)4)22-29-19-13-9-10-16(14-28-25-30-20(15-38-25)24(34)35)21(19)23(33)32(22)17-11-7-6-8-12-17/h6-13,15,18H,5,14H2,1-4H3,(H,28,30)(H,31,36)(H,34,35). The lowest BCUT2D eigenvalue weighted by atomic mass is 10.1. The molecule has 0 aliphatic carbocycles. The molecule has 0 bridgehead atoms. The fourth-order valence-corrected chi connectivity index (χ4v) is 4.63. The van der Waals surface area contributed by atoms with Gasteiger partial charge in [-0.15, -0.1) is 11.3 Å². The van der Waals surface area contributed by atoms with Gasteiger partial charge in [-0.3, -0.25) is 9.36 Å². The van der Waals surface area contributed by atoms with Crippen LogP contribution in [0.3, 0.4) is 0 Å². The largest absolute Gasteiger partial charge is 0.476 e. The molecule has 0 saturated carbocycles. The van der Waals surface area contributed by atoms with Crippen LogP contribution in [0.15, 0.2) is 58.7 Å². The SMILES string of the molecule is CCC(NC(=O)OC(C)(C)C)c1nc2cccc(CNc3nc(C(=O)O)cs3)c2c(=O)n1-c1ccccc1. The highest BCUT2D eigenvalue weighted by Gasteiger charge is 2.25. The van der Waals surface area contributed by atoms with Crippen LogP contribution in [0.1, 0.15) is 62.0 Å². The van der Waals surface area contributed by atoms with Gasteiger partial charge in [-0.05, 0) is 51.0 Å². The van der Waals surface area contributed by atoms with E-state index in [0.29, 0.717) is 39.5 Å². The van der Waals surface area contributed by atoms with E-state index >= 15 is 0 Å². The van der Waals surface area contributed by atoms with Crippen LogP contribution in [0.25, 0.3) is 16.6 Å². The molecule has 0 radical (unpaired) electrons. The summed E-state index contributed by atoms with van der Waals surface area (Å²) in [6.07, 6.45) is -0.123. The van der Waals surface area contributed by atoms with Crippen molar-refractivity contribution in [2.45, 2.75) is 52.3 Å². The van der Waals surface area contributed by atoms with Crippen LogP contribution in [0, 0.1) is 0 Å². The number of alkyl carbamates (subject to hydrolysis) is 1. The molecule has 0 saturated heterocycles. The Labute approximate surface area is 223 Å². The molecule has 0 aliphatic rings. The second-order valence-electron chi connectivity index (χ2n) is 9.56. The zero-order chi connectivity index (χ0) is 27.4. The number of rotatable bonds is 8. The average Bonchev–Trinajstić information content (AvgIpc) is 3.35. The zero-order valence-corrected chi connectivity index (χ0v) is 22.3. The summed E-state index contributed by atoms with van der Waals surface area (Å²) in [5.74, 6) is -0.717. The third-order valence-electron chi connectivity index (χ3n) is 5.59. The fourth-order valence-electron chi connectivity index (χ4n) is 3.95. The van der Waals surface area contributed by atoms with E-state index in [1.807, 2.05) is 43.3 Å². The second kappa shape index (κ2) is 11.0. The first-order valence-electron chi connectivity index (χ1n) is 12.1. The summed E-state index contributed by atoms with van der Waals surface area (Å²) in [5, 5.41) is 17.4. The number of benzene rings is 2. The summed E-state index contributed by atoms with van der Waals surface area (Å²) in [6, 6.07) is 13.9. The molecular formula is C27H29N5O5S. The number of carbonyl (C=O) groups excluding carboxylic acids is 1. The van der Waals surface area contributed by atoms with E-state index in [0.717, 1.165) is 0 Å². The first kappa shape index (κ1) is 26.8. The molecule has 4 rings (SSSR count). The average molecular weight is 536 g/mol. The van der Waals surface area contributed by atoms with Crippen molar-refractivity contribution in [1.82, 2.24) is 19.9 Å². The van der Waals surface area contributed by atoms with Crippen LogP contribution in [-0.4, -0.2) is 37.3 Å². The molecule has 10 nitrogen and oxygen atoms in total. The number of ether oxygens (including phenoxy) is 1. The molecule has 11 heteroatoms. The van der Waals surface area contributed by atoms with E-state index in [4.69, 9.17) is 14.8 Å². The van der Waals surface area contributed by atoms with Gasteiger partial charge < -0.3 is 20.5 Å².